The van der Waals surface area contributed by atoms with E-state index in [2.05, 4.69) is 31.0 Å². The third-order valence-electron chi connectivity index (χ3n) is 2.30. The Labute approximate surface area is 126 Å². The summed E-state index contributed by atoms with van der Waals surface area (Å²) in [6, 6.07) is 8.01. The molecule has 0 unspecified atom stereocenters. The number of hydrogen-bond donors (Lipinski definition) is 1. The summed E-state index contributed by atoms with van der Waals surface area (Å²) in [4.78, 5) is 15.9. The average molecular weight is 361 g/mol. The monoisotopic (exact) mass is 360 g/mol. The fraction of sp³-hybridized carbons (Fsp3) is 0.0769. The third-order valence-corrected chi connectivity index (χ3v) is 2.77. The predicted molar refractivity (Wildman–Crippen MR) is 73.0 cm³/mol. The molecule has 0 radical (unpaired) electrons. The van der Waals surface area contributed by atoms with Crippen LogP contribution in [0.15, 0.2) is 47.1 Å². The quantitative estimate of drug-likeness (QED) is 0.899. The maximum Gasteiger partial charge on any atom is 0.573 e. The van der Waals surface area contributed by atoms with Crippen molar-refractivity contribution >= 4 is 27.7 Å². The average Bonchev–Trinajstić information content (AvgIpc) is 2.40. The number of rotatable bonds is 3. The van der Waals surface area contributed by atoms with Gasteiger partial charge in [-0.25, -0.2) is 4.98 Å². The van der Waals surface area contributed by atoms with Crippen LogP contribution in [0.5, 0.6) is 5.75 Å². The van der Waals surface area contributed by atoms with Gasteiger partial charge in [-0.3, -0.25) is 4.79 Å². The van der Waals surface area contributed by atoms with Gasteiger partial charge in [-0.1, -0.05) is 6.07 Å². The first kappa shape index (κ1) is 15.3. The Balaban J connectivity index is 2.12. The van der Waals surface area contributed by atoms with Crippen LogP contribution in [0.1, 0.15) is 10.4 Å². The molecule has 0 atom stereocenters. The van der Waals surface area contributed by atoms with Crippen molar-refractivity contribution in [1.29, 1.82) is 0 Å². The number of halogens is 4. The highest BCUT2D eigenvalue weighted by molar-refractivity contribution is 9.10. The number of nitrogens with zero attached hydrogens (tertiary/aromatic N) is 1. The lowest BCUT2D eigenvalue weighted by Gasteiger charge is -2.10. The van der Waals surface area contributed by atoms with Crippen LogP contribution in [0.25, 0.3) is 0 Å². The molecule has 1 heterocycles. The number of pyridine rings is 1. The van der Waals surface area contributed by atoms with Crippen molar-refractivity contribution in [2.24, 2.45) is 0 Å². The molecule has 2 aromatic rings. The van der Waals surface area contributed by atoms with Crippen LogP contribution >= 0.6 is 15.9 Å². The van der Waals surface area contributed by atoms with E-state index in [1.165, 1.54) is 18.3 Å². The molecule has 1 amide bonds. The molecule has 0 spiro atoms. The molecule has 2 rings (SSSR count). The van der Waals surface area contributed by atoms with Gasteiger partial charge in [-0.2, -0.15) is 0 Å². The van der Waals surface area contributed by atoms with Gasteiger partial charge in [0, 0.05) is 16.2 Å². The van der Waals surface area contributed by atoms with Crippen LogP contribution in [-0.2, 0) is 0 Å². The van der Waals surface area contributed by atoms with Crippen LogP contribution < -0.4 is 10.1 Å². The Kier molecular flexibility index (Phi) is 4.46. The number of alkyl halides is 3. The van der Waals surface area contributed by atoms with E-state index in [-0.39, 0.29) is 11.4 Å². The molecule has 0 aliphatic carbocycles. The zero-order valence-corrected chi connectivity index (χ0v) is 11.9. The van der Waals surface area contributed by atoms with Gasteiger partial charge in [-0.05, 0) is 46.3 Å². The molecule has 4 nitrogen and oxygen atoms in total. The standard InChI is InChI=1S/C13H8BrF3N2O2/c14-9-4-5-11(18-7-9)19-12(20)8-2-1-3-10(6-8)21-13(15,16)17/h1-7H,(H,18,19,20). The summed E-state index contributed by atoms with van der Waals surface area (Å²) in [6.45, 7) is 0. The van der Waals surface area contributed by atoms with Gasteiger partial charge in [-0.15, -0.1) is 13.2 Å². The topological polar surface area (TPSA) is 51.2 Å². The van der Waals surface area contributed by atoms with Gasteiger partial charge < -0.3 is 10.1 Å². The maximum atomic E-state index is 12.1. The number of carbonyl (C=O) groups is 1. The van der Waals surface area contributed by atoms with E-state index < -0.39 is 18.0 Å². The van der Waals surface area contributed by atoms with Crippen molar-refractivity contribution in [2.45, 2.75) is 6.36 Å². The van der Waals surface area contributed by atoms with Crippen molar-refractivity contribution < 1.29 is 22.7 Å². The highest BCUT2D eigenvalue weighted by atomic mass is 79.9. The summed E-state index contributed by atoms with van der Waals surface area (Å²) in [5.74, 6) is -0.762. The highest BCUT2D eigenvalue weighted by Gasteiger charge is 2.31. The maximum absolute atomic E-state index is 12.1. The van der Waals surface area contributed by atoms with E-state index in [1.54, 1.807) is 12.1 Å². The molecule has 0 saturated carbocycles. The van der Waals surface area contributed by atoms with Gasteiger partial charge >= 0.3 is 6.36 Å². The van der Waals surface area contributed by atoms with E-state index in [0.29, 0.717) is 0 Å². The zero-order chi connectivity index (χ0) is 15.5. The first-order chi connectivity index (χ1) is 9.83. The molecule has 0 fully saturated rings. The Hall–Kier alpha value is -2.09. The van der Waals surface area contributed by atoms with E-state index in [0.717, 1.165) is 16.6 Å². The van der Waals surface area contributed by atoms with Crippen LogP contribution in [-0.4, -0.2) is 17.3 Å². The second-order valence-corrected chi connectivity index (χ2v) is 4.81. The second-order valence-electron chi connectivity index (χ2n) is 3.89. The smallest absolute Gasteiger partial charge is 0.406 e. The SMILES string of the molecule is O=C(Nc1ccc(Br)cn1)c1cccc(OC(F)(F)F)c1. The normalized spacial score (nSPS) is 11.0. The molecule has 0 aliphatic rings. The first-order valence-corrected chi connectivity index (χ1v) is 6.41. The van der Waals surface area contributed by atoms with Crippen molar-refractivity contribution in [3.05, 3.63) is 52.6 Å². The minimum atomic E-state index is -4.80. The number of ether oxygens (including phenoxy) is 1. The summed E-state index contributed by atoms with van der Waals surface area (Å²) in [5.41, 5.74) is 0.0291. The van der Waals surface area contributed by atoms with Crippen molar-refractivity contribution in [3.63, 3.8) is 0 Å². The van der Waals surface area contributed by atoms with Crippen molar-refractivity contribution in [3.8, 4) is 5.75 Å². The summed E-state index contributed by atoms with van der Waals surface area (Å²) in [5, 5.41) is 2.47. The number of benzene rings is 1. The van der Waals surface area contributed by atoms with E-state index in [1.807, 2.05) is 0 Å². The van der Waals surface area contributed by atoms with Crippen molar-refractivity contribution in [1.82, 2.24) is 4.98 Å². The lowest BCUT2D eigenvalue weighted by molar-refractivity contribution is -0.274. The van der Waals surface area contributed by atoms with E-state index in [4.69, 9.17) is 0 Å². The fourth-order valence-electron chi connectivity index (χ4n) is 1.47. The molecule has 1 aromatic heterocycles. The van der Waals surface area contributed by atoms with Crippen LogP contribution in [0.3, 0.4) is 0 Å². The minimum absolute atomic E-state index is 0.0291. The molecule has 0 bridgehead atoms. The predicted octanol–water partition coefficient (Wildman–Crippen LogP) is 4.00. The third kappa shape index (κ3) is 4.75. The lowest BCUT2D eigenvalue weighted by Crippen LogP contribution is -2.18. The molecule has 1 aromatic carbocycles. The Morgan fingerprint density at radius 1 is 1.24 bits per heavy atom. The summed E-state index contributed by atoms with van der Waals surface area (Å²) in [6.07, 6.45) is -3.32. The molecule has 21 heavy (non-hydrogen) atoms. The van der Waals surface area contributed by atoms with Gasteiger partial charge in [0.2, 0.25) is 0 Å². The summed E-state index contributed by atoms with van der Waals surface area (Å²) >= 11 is 3.20. The molecule has 1 N–H and O–H groups in total. The molecule has 110 valence electrons. The minimum Gasteiger partial charge on any atom is -0.406 e. The molecule has 0 aliphatic heterocycles. The molecule has 0 saturated heterocycles. The number of aromatic nitrogens is 1. The molecule has 8 heteroatoms. The van der Waals surface area contributed by atoms with Crippen LogP contribution in [0.4, 0.5) is 19.0 Å². The summed E-state index contributed by atoms with van der Waals surface area (Å²) < 4.78 is 40.9. The lowest BCUT2D eigenvalue weighted by atomic mass is 10.2. The number of nitrogens with one attached hydrogen (secondary N) is 1. The van der Waals surface area contributed by atoms with Gasteiger partial charge in [0.25, 0.3) is 5.91 Å². The van der Waals surface area contributed by atoms with Crippen LogP contribution in [0, 0.1) is 0 Å². The fourth-order valence-corrected chi connectivity index (χ4v) is 1.71. The Bertz CT molecular complexity index is 645. The largest absolute Gasteiger partial charge is 0.573 e. The Morgan fingerprint density at radius 3 is 2.62 bits per heavy atom. The number of hydrogen-bond acceptors (Lipinski definition) is 3. The zero-order valence-electron chi connectivity index (χ0n) is 10.3. The van der Waals surface area contributed by atoms with Gasteiger partial charge in [0.15, 0.2) is 0 Å². The molecular formula is C13H8BrF3N2O2. The van der Waals surface area contributed by atoms with Gasteiger partial charge in [0.1, 0.15) is 11.6 Å². The second kappa shape index (κ2) is 6.13. The number of amides is 1. The van der Waals surface area contributed by atoms with E-state index in [9.17, 15) is 18.0 Å². The highest BCUT2D eigenvalue weighted by Crippen LogP contribution is 2.23. The number of anilines is 1. The molecular weight excluding hydrogens is 353 g/mol. The van der Waals surface area contributed by atoms with Crippen LogP contribution in [0.2, 0.25) is 0 Å². The van der Waals surface area contributed by atoms with Gasteiger partial charge in [0.05, 0.1) is 0 Å². The first-order valence-electron chi connectivity index (χ1n) is 5.62. The van der Waals surface area contributed by atoms with E-state index >= 15 is 0 Å². The Morgan fingerprint density at radius 2 is 2.00 bits per heavy atom. The van der Waals surface area contributed by atoms with Crippen molar-refractivity contribution in [2.75, 3.05) is 5.32 Å². The number of carbonyl (C=O) groups excluding carboxylic acids is 1. The summed E-state index contributed by atoms with van der Waals surface area (Å²) in [7, 11) is 0.